The molecule has 17 heteroatoms. The van der Waals surface area contributed by atoms with Crippen molar-refractivity contribution in [3.05, 3.63) is 98.1 Å². The maximum atomic E-state index is 13.0. The minimum Gasteiger partial charge on any atom is -0.496 e. The summed E-state index contributed by atoms with van der Waals surface area (Å²) >= 11 is 0. The van der Waals surface area contributed by atoms with Crippen LogP contribution < -0.4 is 33.2 Å². The largest absolute Gasteiger partial charge is 0.496 e. The molecule has 0 spiro atoms. The van der Waals surface area contributed by atoms with Crippen molar-refractivity contribution in [2.45, 2.75) is 83.5 Å². The number of aliphatic hydroxyl groups is 4. The van der Waals surface area contributed by atoms with Crippen LogP contribution in [0.25, 0.3) is 0 Å². The number of aliphatic hydroxyl groups excluding tert-OH is 4. The predicted octanol–water partition coefficient (Wildman–Crippen LogP) is 5.44. The number of carbonyl (C=O) groups excluding carboxylic acids is 2. The Bertz CT molecular complexity index is 2470. The van der Waals surface area contributed by atoms with E-state index < -0.39 is 11.9 Å². The average Bonchev–Trinajstić information content (AvgIpc) is 3.39. The van der Waals surface area contributed by atoms with Crippen molar-refractivity contribution in [3.63, 3.8) is 0 Å². The van der Waals surface area contributed by atoms with Gasteiger partial charge in [-0.2, -0.15) is 0 Å². The molecule has 0 aromatic heterocycles. The van der Waals surface area contributed by atoms with Crippen molar-refractivity contribution in [2.24, 2.45) is 0 Å². The van der Waals surface area contributed by atoms with Crippen LogP contribution in [-0.4, -0.2) is 145 Å². The Kier molecular flexibility index (Phi) is 18.8. The highest BCUT2D eigenvalue weighted by Gasteiger charge is 2.45. The third-order valence-corrected chi connectivity index (χ3v) is 14.5. The molecule has 0 radical (unpaired) electrons. The van der Waals surface area contributed by atoms with Gasteiger partial charge in [-0.15, -0.1) is 0 Å². The van der Waals surface area contributed by atoms with Crippen LogP contribution in [0, 0.1) is 0 Å². The number of benzene rings is 4. The lowest BCUT2D eigenvalue weighted by molar-refractivity contribution is -0.941. The third kappa shape index (κ3) is 11.6. The molecule has 4 atom stereocenters. The molecule has 0 saturated heterocycles. The van der Waals surface area contributed by atoms with E-state index >= 15 is 0 Å². The monoisotopic (exact) mass is 991 g/mol. The summed E-state index contributed by atoms with van der Waals surface area (Å²) in [6, 6.07) is 13.1. The van der Waals surface area contributed by atoms with Gasteiger partial charge in [0.25, 0.3) is 0 Å². The molecule has 388 valence electrons. The van der Waals surface area contributed by atoms with Gasteiger partial charge in [0, 0.05) is 54.4 Å². The molecule has 2 heterocycles. The van der Waals surface area contributed by atoms with Gasteiger partial charge in [-0.25, -0.2) is 0 Å². The molecular weight excluding hydrogens is 917 g/mol. The maximum absolute atomic E-state index is 13.0. The molecule has 71 heavy (non-hydrogen) atoms. The highest BCUT2D eigenvalue weighted by molar-refractivity contribution is 5.77. The molecular formula is C54H74N2O15+2. The van der Waals surface area contributed by atoms with Crippen molar-refractivity contribution in [2.75, 3.05) is 103 Å². The van der Waals surface area contributed by atoms with Gasteiger partial charge < -0.3 is 72.0 Å². The lowest BCUT2D eigenvalue weighted by Crippen LogP contribution is -2.53. The Hall–Kier alpha value is -5.82. The molecule has 6 rings (SSSR count). The van der Waals surface area contributed by atoms with Crippen molar-refractivity contribution >= 4 is 11.9 Å². The SMILES string of the molecule is COc1ccc(C2c3c(cc(CO)c(CO)c3OC)CC[N+]2(C)CCCOC(=O)CCC(=O)OCCC[N+]2(C)CCc3cc(OC)c(OC)c(OC)c3C2Cc2cc(CO)c(OC)c(OC)c2)cc1CO. The minimum absolute atomic E-state index is 0.119. The van der Waals surface area contributed by atoms with Crippen molar-refractivity contribution in [3.8, 4) is 40.2 Å². The zero-order chi connectivity index (χ0) is 51.5. The number of rotatable bonds is 25. The quantitative estimate of drug-likeness (QED) is 0.0372. The van der Waals surface area contributed by atoms with Crippen LogP contribution in [0.15, 0.2) is 42.5 Å². The van der Waals surface area contributed by atoms with E-state index in [2.05, 4.69) is 14.1 Å². The molecule has 0 fully saturated rings. The highest BCUT2D eigenvalue weighted by atomic mass is 16.5. The van der Waals surface area contributed by atoms with Crippen LogP contribution in [0.1, 0.15) is 93.4 Å². The Labute approximate surface area is 417 Å². The van der Waals surface area contributed by atoms with Crippen molar-refractivity contribution in [1.29, 1.82) is 0 Å². The molecule has 0 bridgehead atoms. The fourth-order valence-corrected chi connectivity index (χ4v) is 10.9. The first kappa shape index (κ1) is 54.5. The number of hydrogen-bond donors (Lipinski definition) is 4. The van der Waals surface area contributed by atoms with E-state index in [0.29, 0.717) is 110 Å². The van der Waals surface area contributed by atoms with Crippen LogP contribution in [0.3, 0.4) is 0 Å². The van der Waals surface area contributed by atoms with Gasteiger partial charge in [0.05, 0.1) is 154 Å². The van der Waals surface area contributed by atoms with Crippen molar-refractivity contribution < 1.29 is 81.6 Å². The minimum atomic E-state index is -0.493. The van der Waals surface area contributed by atoms with Gasteiger partial charge in [-0.3, -0.25) is 9.59 Å². The summed E-state index contributed by atoms with van der Waals surface area (Å²) in [6.07, 6.45) is 2.81. The highest BCUT2D eigenvalue weighted by Crippen LogP contribution is 2.51. The van der Waals surface area contributed by atoms with Crippen molar-refractivity contribution in [1.82, 2.24) is 0 Å². The number of hydrogen-bond acceptors (Lipinski definition) is 15. The second-order valence-corrected chi connectivity index (χ2v) is 18.7. The lowest BCUT2D eigenvalue weighted by atomic mass is 9.82. The lowest BCUT2D eigenvalue weighted by Gasteiger charge is -2.46. The van der Waals surface area contributed by atoms with Crippen LogP contribution in [0.4, 0.5) is 0 Å². The summed E-state index contributed by atoms with van der Waals surface area (Å²) in [6.45, 7) is 2.05. The van der Waals surface area contributed by atoms with Gasteiger partial charge in [0.15, 0.2) is 23.0 Å². The first-order valence-electron chi connectivity index (χ1n) is 24.1. The van der Waals surface area contributed by atoms with Crippen LogP contribution >= 0.6 is 0 Å². The maximum Gasteiger partial charge on any atom is 0.306 e. The normalized spacial score (nSPS) is 19.2. The summed E-state index contributed by atoms with van der Waals surface area (Å²) < 4.78 is 52.8. The van der Waals surface area contributed by atoms with Gasteiger partial charge in [-0.05, 0) is 58.7 Å². The topological polar surface area (TPSA) is 198 Å². The van der Waals surface area contributed by atoms with Crippen LogP contribution in [0.2, 0.25) is 0 Å². The first-order valence-corrected chi connectivity index (χ1v) is 24.1. The molecule has 2 aliphatic heterocycles. The Morgan fingerprint density at radius 2 is 1.10 bits per heavy atom. The molecule has 17 nitrogen and oxygen atoms in total. The van der Waals surface area contributed by atoms with E-state index in [1.807, 2.05) is 42.5 Å². The Morgan fingerprint density at radius 3 is 1.65 bits per heavy atom. The van der Waals surface area contributed by atoms with Gasteiger partial charge in [0.1, 0.15) is 23.6 Å². The van der Waals surface area contributed by atoms with E-state index in [0.717, 1.165) is 52.9 Å². The second kappa shape index (κ2) is 24.5. The van der Waals surface area contributed by atoms with E-state index in [-0.39, 0.29) is 64.6 Å². The number of fused-ring (bicyclic) bond motifs is 2. The van der Waals surface area contributed by atoms with E-state index in [9.17, 15) is 30.0 Å². The van der Waals surface area contributed by atoms with Crippen LogP contribution in [-0.2, 0) is 64.8 Å². The summed E-state index contributed by atoms with van der Waals surface area (Å²) in [7, 11) is 15.4. The number of carbonyl (C=O) groups is 2. The fourth-order valence-electron chi connectivity index (χ4n) is 10.9. The van der Waals surface area contributed by atoms with Crippen LogP contribution in [0.5, 0.6) is 40.2 Å². The van der Waals surface area contributed by atoms with E-state index in [1.54, 1.807) is 49.8 Å². The zero-order valence-corrected chi connectivity index (χ0v) is 42.9. The standard InChI is InChI=1S/C54H74N2O15/c1-55(20-16-36-29-45(65-5)53(68-8)54(69-9)48(36)42(55)25-34-24-40(32-59)51(66-6)44(26-34)64-4)18-10-22-70-46(61)14-15-47(62)71-23-11-19-56(2)21-17-35-27-38(30-57)41(33-60)52(67-7)49(35)50(56)37-12-13-43(63-3)39(28-37)31-58/h12-13,24,26-29,42,50,57-60H,10-11,14-23,25,30-33H2,1-9H3/q+2. The number of likely N-dealkylation sites (N-methyl/N-ethyl adjacent to an activating group) is 2. The molecule has 0 aliphatic carbocycles. The number of methoxy groups -OCH3 is 7. The zero-order valence-electron chi connectivity index (χ0n) is 42.9. The van der Waals surface area contributed by atoms with E-state index in [4.69, 9.17) is 42.6 Å². The average molecular weight is 991 g/mol. The molecule has 4 aromatic carbocycles. The number of ether oxygens (including phenoxy) is 9. The summed E-state index contributed by atoms with van der Waals surface area (Å²) in [5, 5.41) is 41.1. The van der Waals surface area contributed by atoms with E-state index in [1.165, 1.54) is 0 Å². The predicted molar refractivity (Wildman–Crippen MR) is 263 cm³/mol. The summed E-state index contributed by atoms with van der Waals surface area (Å²) in [5.41, 5.74) is 8.21. The second-order valence-electron chi connectivity index (χ2n) is 18.7. The molecule has 4 unspecified atom stereocenters. The first-order chi connectivity index (χ1) is 34.2. The number of quaternary nitrogens is 2. The third-order valence-electron chi connectivity index (χ3n) is 14.5. The van der Waals surface area contributed by atoms with Gasteiger partial charge in [0.2, 0.25) is 5.75 Å². The molecule has 0 amide bonds. The Balaban J connectivity index is 1.08. The molecule has 0 saturated carbocycles. The molecule has 4 N–H and O–H groups in total. The smallest absolute Gasteiger partial charge is 0.306 e. The summed E-state index contributed by atoms with van der Waals surface area (Å²) in [4.78, 5) is 26.0. The molecule has 2 aliphatic rings. The number of nitrogens with zero attached hydrogens (tertiary/aromatic N) is 2. The summed E-state index contributed by atoms with van der Waals surface area (Å²) in [5.74, 6) is 2.78. The molecule has 4 aromatic rings. The van der Waals surface area contributed by atoms with Gasteiger partial charge in [-0.1, -0.05) is 6.07 Å². The Morgan fingerprint density at radius 1 is 0.549 bits per heavy atom. The van der Waals surface area contributed by atoms with Gasteiger partial charge >= 0.3 is 11.9 Å². The number of esters is 2. The fraction of sp³-hybridized carbons (Fsp3) is 0.519.